The van der Waals surface area contributed by atoms with Crippen molar-refractivity contribution in [1.82, 2.24) is 0 Å². The number of aromatic hydroxyl groups is 1. The Morgan fingerprint density at radius 1 is 1.04 bits per heavy atom. The normalized spacial score (nSPS) is 11.5. The quantitative estimate of drug-likeness (QED) is 0.413. The molecule has 0 aliphatic heterocycles. The molecule has 26 heavy (non-hydrogen) atoms. The number of nitrogen functional groups attached to an aromatic ring is 1. The number of phenolic OH excluding ortho intramolecular Hbond substituents is 1. The molecule has 7 nitrogen and oxygen atoms in total. The first-order valence-electron chi connectivity index (χ1n) is 7.57. The molecule has 0 radical (unpaired) electrons. The summed E-state index contributed by atoms with van der Waals surface area (Å²) in [5.74, 6) is -0.604. The number of hydrogen-bond acceptors (Lipinski definition) is 5. The second-order valence-electron chi connectivity index (χ2n) is 5.86. The second-order valence-corrected chi connectivity index (χ2v) is 7.25. The zero-order valence-electron chi connectivity index (χ0n) is 13.7. The zero-order chi connectivity index (χ0) is 19.1. The first kappa shape index (κ1) is 17.7. The first-order valence-corrected chi connectivity index (χ1v) is 9.01. The Kier molecular flexibility index (Phi) is 4.31. The van der Waals surface area contributed by atoms with Crippen molar-refractivity contribution < 1.29 is 22.9 Å². The average molecular weight is 372 g/mol. The molecule has 5 N–H and O–H groups in total. The van der Waals surface area contributed by atoms with Gasteiger partial charge in [0, 0.05) is 22.1 Å². The molecule has 0 fully saturated rings. The molecule has 134 valence electrons. The molecule has 0 aliphatic rings. The number of phenols is 1. The van der Waals surface area contributed by atoms with Gasteiger partial charge in [-0.2, -0.15) is 8.42 Å². The number of fused-ring (bicyclic) bond motifs is 1. The van der Waals surface area contributed by atoms with Crippen LogP contribution in [0.4, 0.5) is 11.4 Å². The summed E-state index contributed by atoms with van der Waals surface area (Å²) in [6, 6.07) is 11.6. The molecule has 3 aromatic rings. The van der Waals surface area contributed by atoms with E-state index in [0.717, 1.165) is 11.6 Å². The summed E-state index contributed by atoms with van der Waals surface area (Å²) >= 11 is 0. The highest BCUT2D eigenvalue weighted by molar-refractivity contribution is 7.86. The van der Waals surface area contributed by atoms with Gasteiger partial charge in [0.25, 0.3) is 16.0 Å². The van der Waals surface area contributed by atoms with Crippen molar-refractivity contribution in [2.24, 2.45) is 0 Å². The highest BCUT2D eigenvalue weighted by Crippen LogP contribution is 2.32. The topological polar surface area (TPSA) is 130 Å². The van der Waals surface area contributed by atoms with Crippen molar-refractivity contribution >= 4 is 38.2 Å². The highest BCUT2D eigenvalue weighted by Gasteiger charge is 2.17. The lowest BCUT2D eigenvalue weighted by Crippen LogP contribution is -2.14. The van der Waals surface area contributed by atoms with Crippen molar-refractivity contribution in [3.05, 3.63) is 59.7 Å². The van der Waals surface area contributed by atoms with E-state index in [9.17, 15) is 22.9 Å². The lowest BCUT2D eigenvalue weighted by molar-refractivity contribution is 0.102. The van der Waals surface area contributed by atoms with Crippen LogP contribution in [0.15, 0.2) is 53.4 Å². The van der Waals surface area contributed by atoms with Crippen LogP contribution in [0.3, 0.4) is 0 Å². The number of nitrogens with one attached hydrogen (secondary N) is 1. The van der Waals surface area contributed by atoms with Crippen LogP contribution in [-0.2, 0) is 10.1 Å². The fraction of sp³-hybridized carbons (Fsp3) is 0.0556. The number of aryl methyl sites for hydroxylation is 1. The smallest absolute Gasteiger partial charge is 0.295 e. The number of amides is 1. The van der Waals surface area contributed by atoms with Gasteiger partial charge >= 0.3 is 0 Å². The van der Waals surface area contributed by atoms with E-state index in [1.54, 1.807) is 18.2 Å². The molecule has 0 aromatic heterocycles. The van der Waals surface area contributed by atoms with Gasteiger partial charge in [-0.3, -0.25) is 9.35 Å². The Bertz CT molecular complexity index is 1140. The van der Waals surface area contributed by atoms with E-state index in [0.29, 0.717) is 11.4 Å². The number of hydrogen-bond donors (Lipinski definition) is 4. The third kappa shape index (κ3) is 3.32. The fourth-order valence-electron chi connectivity index (χ4n) is 2.67. The number of carbonyl (C=O) groups excluding carboxylic acids is 1. The monoisotopic (exact) mass is 372 g/mol. The summed E-state index contributed by atoms with van der Waals surface area (Å²) in [5.41, 5.74) is 7.58. The second kappa shape index (κ2) is 6.32. The van der Waals surface area contributed by atoms with E-state index < -0.39 is 16.0 Å². The van der Waals surface area contributed by atoms with E-state index in [1.165, 1.54) is 24.3 Å². The average Bonchev–Trinajstić information content (AvgIpc) is 2.56. The Hall–Kier alpha value is -3.10. The van der Waals surface area contributed by atoms with Gasteiger partial charge < -0.3 is 16.2 Å². The SMILES string of the molecule is Cc1ccc(N)c(C(=O)Nc2ccc3c(O)ccc(S(=O)(=O)O)c3c2)c1. The Morgan fingerprint density at radius 2 is 1.77 bits per heavy atom. The van der Waals surface area contributed by atoms with E-state index >= 15 is 0 Å². The molecule has 0 spiro atoms. The summed E-state index contributed by atoms with van der Waals surface area (Å²) in [6.45, 7) is 1.83. The molecule has 0 atom stereocenters. The van der Waals surface area contributed by atoms with E-state index in [2.05, 4.69) is 5.32 Å². The first-order chi connectivity index (χ1) is 12.2. The van der Waals surface area contributed by atoms with Gasteiger partial charge in [0.1, 0.15) is 10.6 Å². The molecule has 0 unspecified atom stereocenters. The maximum atomic E-state index is 12.5. The lowest BCUT2D eigenvalue weighted by atomic mass is 10.1. The molecule has 1 amide bonds. The van der Waals surface area contributed by atoms with Gasteiger partial charge in [0.2, 0.25) is 0 Å². The number of rotatable bonds is 3. The minimum atomic E-state index is -4.50. The van der Waals surface area contributed by atoms with Gasteiger partial charge in [-0.1, -0.05) is 11.6 Å². The molecule has 0 saturated heterocycles. The zero-order valence-corrected chi connectivity index (χ0v) is 14.5. The Labute approximate surface area is 149 Å². The van der Waals surface area contributed by atoms with Crippen molar-refractivity contribution in [2.75, 3.05) is 11.1 Å². The summed E-state index contributed by atoms with van der Waals surface area (Å²) in [6.07, 6.45) is 0. The van der Waals surface area contributed by atoms with E-state index in [-0.39, 0.29) is 27.0 Å². The van der Waals surface area contributed by atoms with Crippen molar-refractivity contribution in [1.29, 1.82) is 0 Å². The molecule has 8 heteroatoms. The Balaban J connectivity index is 2.07. The van der Waals surface area contributed by atoms with Crippen molar-refractivity contribution in [3.63, 3.8) is 0 Å². The van der Waals surface area contributed by atoms with Crippen molar-refractivity contribution in [3.8, 4) is 5.75 Å². The summed E-state index contributed by atoms with van der Waals surface area (Å²) < 4.78 is 32.5. The molecule has 3 rings (SSSR count). The van der Waals surface area contributed by atoms with Crippen LogP contribution in [-0.4, -0.2) is 24.0 Å². The van der Waals surface area contributed by atoms with Gasteiger partial charge in [0.15, 0.2) is 0 Å². The molecule has 0 aliphatic carbocycles. The Morgan fingerprint density at radius 3 is 2.46 bits per heavy atom. The number of nitrogens with two attached hydrogens (primary N) is 1. The summed E-state index contributed by atoms with van der Waals surface area (Å²) in [4.78, 5) is 12.1. The minimum Gasteiger partial charge on any atom is -0.507 e. The van der Waals surface area contributed by atoms with Gasteiger partial charge in [-0.05, 0) is 49.4 Å². The maximum absolute atomic E-state index is 12.5. The van der Waals surface area contributed by atoms with Crippen LogP contribution in [0.2, 0.25) is 0 Å². The third-order valence-electron chi connectivity index (χ3n) is 3.94. The molecule has 0 saturated carbocycles. The predicted molar refractivity (Wildman–Crippen MR) is 99.0 cm³/mol. The van der Waals surface area contributed by atoms with Crippen LogP contribution in [0.25, 0.3) is 10.8 Å². The van der Waals surface area contributed by atoms with Crippen molar-refractivity contribution in [2.45, 2.75) is 11.8 Å². The van der Waals surface area contributed by atoms with Gasteiger partial charge in [0.05, 0.1) is 5.56 Å². The number of anilines is 2. The van der Waals surface area contributed by atoms with Crippen LogP contribution in [0, 0.1) is 6.92 Å². The third-order valence-corrected chi connectivity index (χ3v) is 4.85. The van der Waals surface area contributed by atoms with E-state index in [4.69, 9.17) is 5.73 Å². The molecule has 0 bridgehead atoms. The fourth-order valence-corrected chi connectivity index (χ4v) is 3.36. The lowest BCUT2D eigenvalue weighted by Gasteiger charge is -2.11. The minimum absolute atomic E-state index is 0.0857. The number of benzene rings is 3. The van der Waals surface area contributed by atoms with Crippen LogP contribution < -0.4 is 11.1 Å². The summed E-state index contributed by atoms with van der Waals surface area (Å²) in [5, 5.41) is 12.9. The predicted octanol–water partition coefficient (Wildman–Crippen LogP) is 2.94. The molecular weight excluding hydrogens is 356 g/mol. The van der Waals surface area contributed by atoms with Crippen LogP contribution in [0.5, 0.6) is 5.75 Å². The maximum Gasteiger partial charge on any atom is 0.295 e. The van der Waals surface area contributed by atoms with Gasteiger partial charge in [-0.15, -0.1) is 0 Å². The molecule has 0 heterocycles. The van der Waals surface area contributed by atoms with Crippen LogP contribution in [0.1, 0.15) is 15.9 Å². The standard InChI is InChI=1S/C18H16N2O5S/c1-10-2-5-15(19)14(8-10)18(22)20-11-3-4-12-13(9-11)17(26(23,24)25)7-6-16(12)21/h2-9,21H,19H2,1H3,(H,20,22)(H,23,24,25). The van der Waals surface area contributed by atoms with E-state index in [1.807, 2.05) is 6.92 Å². The molecule has 3 aromatic carbocycles. The summed E-state index contributed by atoms with van der Waals surface area (Å²) in [7, 11) is -4.50. The highest BCUT2D eigenvalue weighted by atomic mass is 32.2. The largest absolute Gasteiger partial charge is 0.507 e. The number of carbonyl (C=O) groups is 1. The van der Waals surface area contributed by atoms with Gasteiger partial charge in [-0.25, -0.2) is 0 Å². The molecular formula is C18H16N2O5S. The van der Waals surface area contributed by atoms with Crippen LogP contribution >= 0.6 is 0 Å².